The Morgan fingerprint density at radius 3 is 2.64 bits per heavy atom. The SMILES string of the molecule is CC(=N)C(=C(C)N)C1CN(C2C=CNC(c3cnc4cnc(C(F)(F)F)cn34)=N2)CC(C)N1. The summed E-state index contributed by atoms with van der Waals surface area (Å²) in [7, 11) is 0. The van der Waals surface area contributed by atoms with Gasteiger partial charge in [-0.2, -0.15) is 13.2 Å². The molecule has 5 N–H and O–H groups in total. The first kappa shape index (κ1) is 22.9. The molecular formula is C21H26F3N9. The first-order valence-corrected chi connectivity index (χ1v) is 10.5. The zero-order chi connectivity index (χ0) is 23.9. The lowest BCUT2D eigenvalue weighted by Crippen LogP contribution is -2.59. The van der Waals surface area contributed by atoms with Gasteiger partial charge in [-0.05, 0) is 26.8 Å². The average Bonchev–Trinajstić information content (AvgIpc) is 3.15. The molecule has 4 rings (SSSR count). The number of allylic oxidation sites excluding steroid dienone is 1. The maximum atomic E-state index is 13.2. The summed E-state index contributed by atoms with van der Waals surface area (Å²) in [6.07, 6.45) is 2.20. The zero-order valence-electron chi connectivity index (χ0n) is 18.5. The number of imidazole rings is 1. The second kappa shape index (κ2) is 8.60. The molecule has 2 aliphatic rings. The quantitative estimate of drug-likeness (QED) is 0.516. The van der Waals surface area contributed by atoms with E-state index in [-0.39, 0.29) is 18.2 Å². The number of nitrogens with zero attached hydrogens (tertiary/aromatic N) is 5. The van der Waals surface area contributed by atoms with Crippen molar-refractivity contribution in [1.29, 1.82) is 5.41 Å². The minimum atomic E-state index is -4.56. The molecule has 9 nitrogen and oxygen atoms in total. The van der Waals surface area contributed by atoms with Crippen LogP contribution >= 0.6 is 0 Å². The van der Waals surface area contributed by atoms with Crippen molar-refractivity contribution in [3.63, 3.8) is 0 Å². The fourth-order valence-corrected chi connectivity index (χ4v) is 4.31. The number of piperazine rings is 1. The molecule has 0 bridgehead atoms. The highest BCUT2D eigenvalue weighted by atomic mass is 19.4. The van der Waals surface area contributed by atoms with E-state index in [1.165, 1.54) is 10.6 Å². The molecule has 2 aliphatic heterocycles. The van der Waals surface area contributed by atoms with Gasteiger partial charge in [0.2, 0.25) is 0 Å². The van der Waals surface area contributed by atoms with Gasteiger partial charge in [0.1, 0.15) is 11.9 Å². The number of aliphatic imine (C=N–C) groups is 1. The monoisotopic (exact) mass is 461 g/mol. The van der Waals surface area contributed by atoms with Crippen molar-refractivity contribution in [2.45, 2.75) is 45.2 Å². The van der Waals surface area contributed by atoms with Crippen LogP contribution in [0, 0.1) is 5.41 Å². The van der Waals surface area contributed by atoms with Crippen LogP contribution in [0.25, 0.3) is 5.65 Å². The lowest BCUT2D eigenvalue weighted by atomic mass is 9.96. The molecule has 4 heterocycles. The molecule has 0 radical (unpaired) electrons. The highest BCUT2D eigenvalue weighted by Crippen LogP contribution is 2.28. The van der Waals surface area contributed by atoms with Gasteiger partial charge < -0.3 is 21.8 Å². The Hall–Kier alpha value is -3.25. The van der Waals surface area contributed by atoms with Crippen molar-refractivity contribution >= 4 is 17.2 Å². The Kier molecular flexibility index (Phi) is 5.97. The number of nitrogens with two attached hydrogens (primary N) is 1. The molecule has 0 spiro atoms. The average molecular weight is 461 g/mol. The van der Waals surface area contributed by atoms with Crippen molar-refractivity contribution in [2.24, 2.45) is 10.7 Å². The van der Waals surface area contributed by atoms with Crippen LogP contribution in [0.2, 0.25) is 0 Å². The van der Waals surface area contributed by atoms with Gasteiger partial charge in [0, 0.05) is 54.6 Å². The van der Waals surface area contributed by atoms with Gasteiger partial charge in [0.05, 0.1) is 12.4 Å². The predicted octanol–water partition coefficient (Wildman–Crippen LogP) is 1.87. The van der Waals surface area contributed by atoms with Crippen molar-refractivity contribution in [1.82, 2.24) is 29.9 Å². The summed E-state index contributed by atoms with van der Waals surface area (Å²) >= 11 is 0. The molecular weight excluding hydrogens is 435 g/mol. The first-order valence-electron chi connectivity index (χ1n) is 10.5. The van der Waals surface area contributed by atoms with Crippen molar-refractivity contribution < 1.29 is 13.2 Å². The second-order valence-corrected chi connectivity index (χ2v) is 8.33. The number of fused-ring (bicyclic) bond motifs is 1. The largest absolute Gasteiger partial charge is 0.434 e. The number of hydrogen-bond donors (Lipinski definition) is 4. The minimum Gasteiger partial charge on any atom is -0.402 e. The highest BCUT2D eigenvalue weighted by molar-refractivity contribution is 5.99. The Labute approximate surface area is 188 Å². The number of halogens is 3. The van der Waals surface area contributed by atoms with Crippen molar-refractivity contribution in [3.05, 3.63) is 53.5 Å². The molecule has 0 amide bonds. The summed E-state index contributed by atoms with van der Waals surface area (Å²) in [5.41, 5.74) is 7.51. The van der Waals surface area contributed by atoms with E-state index >= 15 is 0 Å². The van der Waals surface area contributed by atoms with Crippen molar-refractivity contribution in [3.8, 4) is 0 Å². The zero-order valence-corrected chi connectivity index (χ0v) is 18.5. The lowest BCUT2D eigenvalue weighted by molar-refractivity contribution is -0.141. The minimum absolute atomic E-state index is 0.121. The molecule has 0 aliphatic carbocycles. The normalized spacial score (nSPS) is 24.9. The summed E-state index contributed by atoms with van der Waals surface area (Å²) in [5, 5.41) is 14.6. The molecule has 3 unspecified atom stereocenters. The topological polar surface area (TPSA) is 120 Å². The Morgan fingerprint density at radius 2 is 1.97 bits per heavy atom. The third kappa shape index (κ3) is 4.62. The maximum Gasteiger partial charge on any atom is 0.434 e. The third-order valence-corrected chi connectivity index (χ3v) is 5.64. The van der Waals surface area contributed by atoms with Crippen LogP contribution in [0.3, 0.4) is 0 Å². The summed E-state index contributed by atoms with van der Waals surface area (Å²) in [4.78, 5) is 14.5. The van der Waals surface area contributed by atoms with Crippen LogP contribution in [0.4, 0.5) is 13.2 Å². The van der Waals surface area contributed by atoms with Gasteiger partial charge in [-0.25, -0.2) is 15.0 Å². The van der Waals surface area contributed by atoms with Crippen LogP contribution in [0.15, 0.2) is 47.1 Å². The van der Waals surface area contributed by atoms with E-state index in [0.29, 0.717) is 41.7 Å². The van der Waals surface area contributed by atoms with E-state index < -0.39 is 11.9 Å². The van der Waals surface area contributed by atoms with Gasteiger partial charge in [-0.15, -0.1) is 0 Å². The van der Waals surface area contributed by atoms with Gasteiger partial charge in [-0.3, -0.25) is 9.30 Å². The predicted molar refractivity (Wildman–Crippen MR) is 119 cm³/mol. The standard InChI is InChI=1S/C21H26F3N9/c1-11-8-32(9-14(30-11)19(12(2)25)13(3)26)17-4-5-27-20(31-17)15-6-29-18-7-28-16(10-33(15)18)21(22,23)24/h4-7,10-11,14,17,25,30H,8-9,26H2,1-3H3,(H,27,31). The smallest absolute Gasteiger partial charge is 0.402 e. The molecule has 0 aromatic carbocycles. The van der Waals surface area contributed by atoms with E-state index in [0.717, 1.165) is 18.0 Å². The van der Waals surface area contributed by atoms with Crippen molar-refractivity contribution in [2.75, 3.05) is 13.1 Å². The van der Waals surface area contributed by atoms with E-state index in [2.05, 4.69) is 25.5 Å². The summed E-state index contributed by atoms with van der Waals surface area (Å²) in [5.74, 6) is 0.408. The second-order valence-electron chi connectivity index (χ2n) is 8.33. The Balaban J connectivity index is 1.65. The number of hydrogen-bond acceptors (Lipinski definition) is 8. The van der Waals surface area contributed by atoms with Gasteiger partial charge in [0.15, 0.2) is 17.2 Å². The van der Waals surface area contributed by atoms with Gasteiger partial charge in [-0.1, -0.05) is 0 Å². The Morgan fingerprint density at radius 1 is 1.21 bits per heavy atom. The molecule has 3 atom stereocenters. The molecule has 176 valence electrons. The highest BCUT2D eigenvalue weighted by Gasteiger charge is 2.34. The fourth-order valence-electron chi connectivity index (χ4n) is 4.31. The maximum absolute atomic E-state index is 13.2. The molecule has 33 heavy (non-hydrogen) atoms. The summed E-state index contributed by atoms with van der Waals surface area (Å²) in [6.45, 7) is 6.82. The molecule has 1 fully saturated rings. The van der Waals surface area contributed by atoms with Gasteiger partial charge >= 0.3 is 6.18 Å². The number of aromatic nitrogens is 3. The van der Waals surface area contributed by atoms with Crippen LogP contribution in [-0.2, 0) is 6.18 Å². The Bertz CT molecular complexity index is 1160. The number of nitrogens with one attached hydrogen (secondary N) is 3. The number of amidine groups is 1. The van der Waals surface area contributed by atoms with E-state index in [4.69, 9.17) is 16.1 Å². The van der Waals surface area contributed by atoms with E-state index in [1.807, 2.05) is 13.0 Å². The van der Waals surface area contributed by atoms with E-state index in [1.54, 1.807) is 20.0 Å². The van der Waals surface area contributed by atoms with Crippen LogP contribution in [0.1, 0.15) is 32.2 Å². The number of alkyl halides is 3. The summed E-state index contributed by atoms with van der Waals surface area (Å²) in [6, 6.07) is -0.00926. The molecule has 0 saturated carbocycles. The van der Waals surface area contributed by atoms with Gasteiger partial charge in [0.25, 0.3) is 0 Å². The number of rotatable bonds is 4. The lowest BCUT2D eigenvalue weighted by Gasteiger charge is -2.41. The summed E-state index contributed by atoms with van der Waals surface area (Å²) < 4.78 is 40.8. The third-order valence-electron chi connectivity index (χ3n) is 5.64. The molecule has 12 heteroatoms. The van der Waals surface area contributed by atoms with E-state index in [9.17, 15) is 13.2 Å². The fraction of sp³-hybridized carbons (Fsp3) is 0.429. The van der Waals surface area contributed by atoms with Crippen LogP contribution < -0.4 is 16.4 Å². The molecule has 2 aromatic rings. The molecule has 1 saturated heterocycles. The first-order chi connectivity index (χ1) is 15.5. The molecule has 2 aromatic heterocycles. The van der Waals surface area contributed by atoms with Crippen LogP contribution in [0.5, 0.6) is 0 Å². The van der Waals surface area contributed by atoms with Crippen LogP contribution in [-0.4, -0.2) is 62.2 Å².